The van der Waals surface area contributed by atoms with Crippen LogP contribution in [0.1, 0.15) is 11.9 Å². The Morgan fingerprint density at radius 1 is 1.90 bits per heavy atom. The molecule has 10 heavy (non-hydrogen) atoms. The first kappa shape index (κ1) is 7.63. The number of aromatic nitrogens is 1. The second kappa shape index (κ2) is 3.63. The van der Waals surface area contributed by atoms with Crippen LogP contribution in [-0.2, 0) is 6.54 Å². The molecule has 0 aliphatic heterocycles. The number of thiazole rings is 1. The molecule has 1 aromatic heterocycles. The summed E-state index contributed by atoms with van der Waals surface area (Å²) in [4.78, 5) is 4.90. The third-order valence-electron chi connectivity index (χ3n) is 0.972. The highest BCUT2D eigenvalue weighted by molar-refractivity contribution is 7.80. The van der Waals surface area contributed by atoms with Crippen LogP contribution in [0.3, 0.4) is 0 Å². The van der Waals surface area contributed by atoms with Gasteiger partial charge in [0.05, 0.1) is 11.5 Å². The van der Waals surface area contributed by atoms with Crippen LogP contribution < -0.4 is 5.32 Å². The molecule has 1 N–H and O–H groups in total. The molecule has 0 amide bonds. The monoisotopic (exact) mass is 172 g/mol. The Bertz CT molecular complexity index is 206. The highest BCUT2D eigenvalue weighted by Crippen LogP contribution is 2.02. The van der Waals surface area contributed by atoms with Gasteiger partial charge in [-0.25, -0.2) is 4.98 Å². The largest absolute Gasteiger partial charge is 0.373 e. The quantitative estimate of drug-likeness (QED) is 0.686. The third kappa shape index (κ3) is 2.41. The van der Waals surface area contributed by atoms with Crippen LogP contribution in [0.25, 0.3) is 0 Å². The van der Waals surface area contributed by atoms with E-state index in [2.05, 4.69) is 10.3 Å². The normalized spacial score (nSPS) is 9.30. The van der Waals surface area contributed by atoms with Crippen molar-refractivity contribution < 1.29 is 0 Å². The maximum atomic E-state index is 4.83. The summed E-state index contributed by atoms with van der Waals surface area (Å²) in [6, 6.07) is 0. The predicted octanol–water partition coefficient (Wildman–Crippen LogP) is 1.58. The van der Waals surface area contributed by atoms with Gasteiger partial charge in [0, 0.05) is 11.6 Å². The van der Waals surface area contributed by atoms with Gasteiger partial charge >= 0.3 is 0 Å². The van der Waals surface area contributed by atoms with E-state index in [9.17, 15) is 0 Å². The summed E-state index contributed by atoms with van der Waals surface area (Å²) in [6.45, 7) is 2.62. The molecule has 0 atom stereocenters. The number of nitrogens with one attached hydrogen (secondary N) is 1. The Kier molecular flexibility index (Phi) is 2.77. The molecule has 0 radical (unpaired) electrons. The lowest BCUT2D eigenvalue weighted by Crippen LogP contribution is -2.16. The zero-order chi connectivity index (χ0) is 7.40. The van der Waals surface area contributed by atoms with Crippen molar-refractivity contribution in [3.05, 3.63) is 16.6 Å². The van der Waals surface area contributed by atoms with E-state index in [1.54, 1.807) is 17.5 Å². The van der Waals surface area contributed by atoms with E-state index in [0.29, 0.717) is 0 Å². The zero-order valence-electron chi connectivity index (χ0n) is 5.63. The second-order valence-corrected chi connectivity index (χ2v) is 3.43. The minimum absolute atomic E-state index is 0.757. The average Bonchev–Trinajstić information content (AvgIpc) is 2.34. The Morgan fingerprint density at radius 3 is 3.20 bits per heavy atom. The summed E-state index contributed by atoms with van der Waals surface area (Å²) in [6.07, 6.45) is 1.79. The molecular weight excluding hydrogens is 164 g/mol. The van der Waals surface area contributed by atoms with Crippen molar-refractivity contribution in [3.8, 4) is 0 Å². The van der Waals surface area contributed by atoms with Gasteiger partial charge in [0.1, 0.15) is 5.01 Å². The molecule has 0 fully saturated rings. The zero-order valence-corrected chi connectivity index (χ0v) is 7.26. The molecule has 0 aliphatic carbocycles. The first-order valence-corrected chi connectivity index (χ1v) is 4.20. The fourth-order valence-electron chi connectivity index (χ4n) is 0.540. The van der Waals surface area contributed by atoms with Crippen molar-refractivity contribution in [2.24, 2.45) is 0 Å². The van der Waals surface area contributed by atoms with Crippen molar-refractivity contribution in [1.29, 1.82) is 0 Å². The fraction of sp³-hybridized carbons (Fsp3) is 0.333. The van der Waals surface area contributed by atoms with Crippen molar-refractivity contribution in [1.82, 2.24) is 10.3 Å². The Hall–Kier alpha value is -0.480. The molecule has 0 spiro atoms. The molecule has 1 aromatic rings. The third-order valence-corrected chi connectivity index (χ3v) is 1.90. The summed E-state index contributed by atoms with van der Waals surface area (Å²) in [5.41, 5.74) is 0. The molecule has 0 unspecified atom stereocenters. The van der Waals surface area contributed by atoms with Gasteiger partial charge in [0.25, 0.3) is 0 Å². The van der Waals surface area contributed by atoms with Gasteiger partial charge in [-0.3, -0.25) is 0 Å². The van der Waals surface area contributed by atoms with Gasteiger partial charge in [0.2, 0.25) is 0 Å². The van der Waals surface area contributed by atoms with Crippen LogP contribution in [-0.4, -0.2) is 9.97 Å². The van der Waals surface area contributed by atoms with E-state index in [1.165, 1.54) is 0 Å². The van der Waals surface area contributed by atoms with Gasteiger partial charge in [-0.2, -0.15) is 0 Å². The molecule has 0 bridgehead atoms. The van der Waals surface area contributed by atoms with Crippen LogP contribution in [0.5, 0.6) is 0 Å². The fourth-order valence-corrected chi connectivity index (χ4v) is 1.17. The molecule has 1 heterocycles. The maximum Gasteiger partial charge on any atom is 0.112 e. The van der Waals surface area contributed by atoms with Gasteiger partial charge in [-0.1, -0.05) is 12.2 Å². The van der Waals surface area contributed by atoms with Gasteiger partial charge in [0.15, 0.2) is 0 Å². The smallest absolute Gasteiger partial charge is 0.112 e. The van der Waals surface area contributed by atoms with Crippen LogP contribution in [0.15, 0.2) is 11.6 Å². The molecule has 0 aromatic carbocycles. The number of thiocarbonyl (C=S) groups is 1. The molecule has 54 valence electrons. The number of hydrogen-bond donors (Lipinski definition) is 1. The highest BCUT2D eigenvalue weighted by Gasteiger charge is 1.92. The lowest BCUT2D eigenvalue weighted by atomic mass is 10.6. The molecule has 4 heteroatoms. The Labute approximate surface area is 69.3 Å². The van der Waals surface area contributed by atoms with Gasteiger partial charge < -0.3 is 5.32 Å². The average molecular weight is 172 g/mol. The van der Waals surface area contributed by atoms with E-state index >= 15 is 0 Å². The minimum Gasteiger partial charge on any atom is -0.373 e. The van der Waals surface area contributed by atoms with Crippen molar-refractivity contribution in [2.75, 3.05) is 0 Å². The predicted molar refractivity (Wildman–Crippen MR) is 47.2 cm³/mol. The van der Waals surface area contributed by atoms with Crippen LogP contribution in [0.2, 0.25) is 0 Å². The summed E-state index contributed by atoms with van der Waals surface area (Å²) < 4.78 is 0. The number of hydrogen-bond acceptors (Lipinski definition) is 3. The SMILES string of the molecule is CC(=S)NCc1nccs1. The van der Waals surface area contributed by atoms with E-state index in [1.807, 2.05) is 12.3 Å². The van der Waals surface area contributed by atoms with E-state index in [0.717, 1.165) is 16.5 Å². The highest BCUT2D eigenvalue weighted by atomic mass is 32.1. The summed E-state index contributed by atoms with van der Waals surface area (Å²) in [7, 11) is 0. The van der Waals surface area contributed by atoms with E-state index < -0.39 is 0 Å². The number of rotatable bonds is 2. The van der Waals surface area contributed by atoms with Gasteiger partial charge in [-0.15, -0.1) is 11.3 Å². The summed E-state index contributed by atoms with van der Waals surface area (Å²) >= 11 is 6.47. The maximum absolute atomic E-state index is 4.83. The standard InChI is InChI=1S/C6H8N2S2/c1-5(9)8-4-6-7-2-3-10-6/h2-3H,4H2,1H3,(H,8,9). The molecule has 0 saturated heterocycles. The molecule has 0 aliphatic rings. The van der Waals surface area contributed by atoms with Gasteiger partial charge in [-0.05, 0) is 6.92 Å². The number of nitrogens with zero attached hydrogens (tertiary/aromatic N) is 1. The molecule has 2 nitrogen and oxygen atoms in total. The second-order valence-electron chi connectivity index (χ2n) is 1.84. The minimum atomic E-state index is 0.757. The van der Waals surface area contributed by atoms with E-state index in [-0.39, 0.29) is 0 Å². The van der Waals surface area contributed by atoms with Crippen molar-refractivity contribution >= 4 is 28.5 Å². The lowest BCUT2D eigenvalue weighted by Gasteiger charge is -1.97. The van der Waals surface area contributed by atoms with Crippen molar-refractivity contribution in [2.45, 2.75) is 13.5 Å². The first-order valence-electron chi connectivity index (χ1n) is 2.92. The molecule has 0 saturated carbocycles. The van der Waals surface area contributed by atoms with E-state index in [4.69, 9.17) is 12.2 Å². The van der Waals surface area contributed by atoms with Crippen LogP contribution >= 0.6 is 23.6 Å². The first-order chi connectivity index (χ1) is 4.79. The topological polar surface area (TPSA) is 24.9 Å². The lowest BCUT2D eigenvalue weighted by molar-refractivity contribution is 0.910. The van der Waals surface area contributed by atoms with Crippen molar-refractivity contribution in [3.63, 3.8) is 0 Å². The summed E-state index contributed by atoms with van der Waals surface area (Å²) in [5.74, 6) is 0. The van der Waals surface area contributed by atoms with Crippen LogP contribution in [0.4, 0.5) is 0 Å². The van der Waals surface area contributed by atoms with Crippen LogP contribution in [0, 0.1) is 0 Å². The molecular formula is C6H8N2S2. The Balaban J connectivity index is 2.35. The molecule has 1 rings (SSSR count). The Morgan fingerprint density at radius 2 is 2.70 bits per heavy atom. The summed E-state index contributed by atoms with van der Waals surface area (Å²) in [5, 5.41) is 6.05.